The topological polar surface area (TPSA) is 27.7 Å². The van der Waals surface area contributed by atoms with E-state index in [1.165, 1.54) is 12.2 Å². The van der Waals surface area contributed by atoms with Crippen molar-refractivity contribution in [1.29, 1.82) is 0 Å². The maximum Gasteiger partial charge on any atom is 0.0701 e. The van der Waals surface area contributed by atoms with Gasteiger partial charge in [-0.1, -0.05) is 6.08 Å². The van der Waals surface area contributed by atoms with Crippen LogP contribution >= 0.6 is 11.8 Å². The zero-order valence-corrected chi connectivity index (χ0v) is 11.1. The van der Waals surface area contributed by atoms with Gasteiger partial charge in [-0.3, -0.25) is 0 Å². The van der Waals surface area contributed by atoms with E-state index < -0.39 is 0 Å². The van der Waals surface area contributed by atoms with Crippen LogP contribution in [0.1, 0.15) is 12.8 Å². The first-order valence-electron chi connectivity index (χ1n) is 5.75. The molecule has 0 heterocycles. The van der Waals surface area contributed by atoms with Crippen LogP contribution in [0.25, 0.3) is 0 Å². The number of rotatable bonds is 13. The van der Waals surface area contributed by atoms with Crippen molar-refractivity contribution in [3.63, 3.8) is 0 Å². The molecule has 0 atom stereocenters. The quantitative estimate of drug-likeness (QED) is 0.369. The maximum absolute atomic E-state index is 5.41. The Hall–Kier alpha value is -0.0300. The van der Waals surface area contributed by atoms with Gasteiger partial charge in [0.1, 0.15) is 0 Å². The summed E-state index contributed by atoms with van der Waals surface area (Å²) in [4.78, 5) is 0. The second-order valence-electron chi connectivity index (χ2n) is 3.26. The normalized spacial score (nSPS) is 10.6. The van der Waals surface area contributed by atoms with Crippen LogP contribution in [0.4, 0.5) is 0 Å². The highest BCUT2D eigenvalue weighted by Crippen LogP contribution is 2.04. The molecule has 0 aliphatic carbocycles. The molecule has 0 aromatic carbocycles. The molecule has 0 radical (unpaired) electrons. The fourth-order valence-electron chi connectivity index (χ4n) is 1.01. The lowest BCUT2D eigenvalue weighted by atomic mass is 10.3. The molecule has 0 aromatic heterocycles. The standard InChI is InChI=1S/C12H24O3S/c1-3-4-5-11-16-12-10-15-9-8-14-7-6-13-2/h3H,1,4-12H2,2H3. The number of thioether (sulfide) groups is 1. The lowest BCUT2D eigenvalue weighted by Gasteiger charge is -2.05. The van der Waals surface area contributed by atoms with Crippen molar-refractivity contribution in [3.05, 3.63) is 12.7 Å². The Balaban J connectivity index is 2.85. The third-order valence-corrected chi connectivity index (χ3v) is 2.91. The van der Waals surface area contributed by atoms with Gasteiger partial charge >= 0.3 is 0 Å². The number of hydrogen-bond donors (Lipinski definition) is 0. The second kappa shape index (κ2) is 15.0. The van der Waals surface area contributed by atoms with Crippen LogP contribution in [0.15, 0.2) is 12.7 Å². The highest BCUT2D eigenvalue weighted by atomic mass is 32.2. The summed E-state index contributed by atoms with van der Waals surface area (Å²) >= 11 is 1.93. The summed E-state index contributed by atoms with van der Waals surface area (Å²) < 4.78 is 15.5. The molecule has 0 N–H and O–H groups in total. The smallest absolute Gasteiger partial charge is 0.0701 e. The number of allylic oxidation sites excluding steroid dienone is 1. The van der Waals surface area contributed by atoms with Gasteiger partial charge in [0.2, 0.25) is 0 Å². The van der Waals surface area contributed by atoms with Crippen molar-refractivity contribution in [2.45, 2.75) is 12.8 Å². The van der Waals surface area contributed by atoms with E-state index in [0.717, 1.165) is 18.8 Å². The molecule has 0 saturated heterocycles. The molecule has 0 amide bonds. The molecule has 0 rings (SSSR count). The van der Waals surface area contributed by atoms with E-state index in [1.807, 2.05) is 17.8 Å². The molecular weight excluding hydrogens is 224 g/mol. The molecule has 0 unspecified atom stereocenters. The van der Waals surface area contributed by atoms with Gasteiger partial charge in [-0.25, -0.2) is 0 Å². The summed E-state index contributed by atoms with van der Waals surface area (Å²) in [6.07, 6.45) is 4.30. The maximum atomic E-state index is 5.41. The molecule has 0 aliphatic heterocycles. The summed E-state index contributed by atoms with van der Waals surface area (Å²) in [6, 6.07) is 0. The SMILES string of the molecule is C=CCCCSCCOCCOCCOC. The number of methoxy groups -OCH3 is 1. The monoisotopic (exact) mass is 248 g/mol. The highest BCUT2D eigenvalue weighted by molar-refractivity contribution is 7.99. The summed E-state index contributed by atoms with van der Waals surface area (Å²) in [6.45, 7) is 7.14. The van der Waals surface area contributed by atoms with Crippen molar-refractivity contribution < 1.29 is 14.2 Å². The third kappa shape index (κ3) is 14.0. The number of unbranched alkanes of at least 4 members (excludes halogenated alkanes) is 1. The van der Waals surface area contributed by atoms with Crippen LogP contribution in [0, 0.1) is 0 Å². The summed E-state index contributed by atoms with van der Waals surface area (Å²) in [5, 5.41) is 0. The van der Waals surface area contributed by atoms with Crippen molar-refractivity contribution in [2.24, 2.45) is 0 Å². The Bertz CT molecular complexity index is 142. The summed E-state index contributed by atoms with van der Waals surface area (Å²) in [7, 11) is 1.67. The number of hydrogen-bond acceptors (Lipinski definition) is 4. The van der Waals surface area contributed by atoms with Crippen molar-refractivity contribution in [3.8, 4) is 0 Å². The first-order chi connectivity index (χ1) is 7.91. The van der Waals surface area contributed by atoms with Gasteiger partial charge in [0.25, 0.3) is 0 Å². The summed E-state index contributed by atoms with van der Waals surface area (Å²) in [5.74, 6) is 2.26. The van der Waals surface area contributed by atoms with Crippen molar-refractivity contribution >= 4 is 11.8 Å². The van der Waals surface area contributed by atoms with Gasteiger partial charge in [0.05, 0.1) is 33.0 Å². The predicted octanol–water partition coefficient (Wildman–Crippen LogP) is 2.37. The third-order valence-electron chi connectivity index (χ3n) is 1.87. The van der Waals surface area contributed by atoms with Gasteiger partial charge < -0.3 is 14.2 Å². The largest absolute Gasteiger partial charge is 0.382 e. The molecule has 4 heteroatoms. The van der Waals surface area contributed by atoms with Crippen LogP contribution in [-0.4, -0.2) is 51.6 Å². The minimum atomic E-state index is 0.649. The van der Waals surface area contributed by atoms with E-state index in [0.29, 0.717) is 26.4 Å². The van der Waals surface area contributed by atoms with Crippen LogP contribution in [0.5, 0.6) is 0 Å². The molecule has 0 aromatic rings. The van der Waals surface area contributed by atoms with Crippen LogP contribution < -0.4 is 0 Å². The molecule has 0 spiro atoms. The van der Waals surface area contributed by atoms with Crippen LogP contribution in [0.3, 0.4) is 0 Å². The summed E-state index contributed by atoms with van der Waals surface area (Å²) in [5.41, 5.74) is 0. The fraction of sp³-hybridized carbons (Fsp3) is 0.833. The molecular formula is C12H24O3S. The fourth-order valence-corrected chi connectivity index (χ4v) is 1.82. The van der Waals surface area contributed by atoms with Gasteiger partial charge in [-0.2, -0.15) is 11.8 Å². The Labute approximate surface area is 104 Å². The van der Waals surface area contributed by atoms with Crippen molar-refractivity contribution in [1.82, 2.24) is 0 Å². The highest BCUT2D eigenvalue weighted by Gasteiger charge is 1.91. The molecule has 0 fully saturated rings. The van der Waals surface area contributed by atoms with E-state index in [9.17, 15) is 0 Å². The van der Waals surface area contributed by atoms with Crippen LogP contribution in [0.2, 0.25) is 0 Å². The van der Waals surface area contributed by atoms with Gasteiger partial charge in [0.15, 0.2) is 0 Å². The molecule has 0 saturated carbocycles. The molecule has 3 nitrogen and oxygen atoms in total. The van der Waals surface area contributed by atoms with E-state index in [2.05, 4.69) is 6.58 Å². The second-order valence-corrected chi connectivity index (χ2v) is 4.49. The molecule has 0 bridgehead atoms. The lowest BCUT2D eigenvalue weighted by Crippen LogP contribution is -2.09. The van der Waals surface area contributed by atoms with Gasteiger partial charge in [-0.15, -0.1) is 6.58 Å². The van der Waals surface area contributed by atoms with Gasteiger partial charge in [-0.05, 0) is 18.6 Å². The Morgan fingerprint density at radius 2 is 1.69 bits per heavy atom. The Morgan fingerprint density at radius 3 is 2.38 bits per heavy atom. The zero-order chi connectivity index (χ0) is 11.9. The number of ether oxygens (including phenoxy) is 3. The molecule has 96 valence electrons. The van der Waals surface area contributed by atoms with Crippen molar-refractivity contribution in [2.75, 3.05) is 51.6 Å². The molecule has 0 aliphatic rings. The first kappa shape index (κ1) is 16.0. The van der Waals surface area contributed by atoms with E-state index in [1.54, 1.807) is 7.11 Å². The van der Waals surface area contributed by atoms with E-state index in [4.69, 9.17) is 14.2 Å². The Kier molecular flexibility index (Phi) is 14.9. The average molecular weight is 248 g/mol. The average Bonchev–Trinajstić information content (AvgIpc) is 2.31. The first-order valence-corrected chi connectivity index (χ1v) is 6.90. The van der Waals surface area contributed by atoms with Crippen LogP contribution in [-0.2, 0) is 14.2 Å². The van der Waals surface area contributed by atoms with E-state index in [-0.39, 0.29) is 0 Å². The Morgan fingerprint density at radius 1 is 1.00 bits per heavy atom. The van der Waals surface area contributed by atoms with Gasteiger partial charge in [0, 0.05) is 12.9 Å². The predicted molar refractivity (Wildman–Crippen MR) is 70.3 cm³/mol. The minimum Gasteiger partial charge on any atom is -0.382 e. The molecule has 16 heavy (non-hydrogen) atoms. The zero-order valence-electron chi connectivity index (χ0n) is 10.3. The lowest BCUT2D eigenvalue weighted by molar-refractivity contribution is 0.0286. The van der Waals surface area contributed by atoms with E-state index >= 15 is 0 Å². The minimum absolute atomic E-state index is 0.649.